The highest BCUT2D eigenvalue weighted by atomic mass is 19.1. The van der Waals surface area contributed by atoms with Gasteiger partial charge in [0.1, 0.15) is 5.82 Å². The van der Waals surface area contributed by atoms with Gasteiger partial charge in [-0.2, -0.15) is 4.98 Å². The predicted molar refractivity (Wildman–Crippen MR) is 87.1 cm³/mol. The molecule has 1 aromatic heterocycles. The number of rotatable bonds is 9. The van der Waals surface area contributed by atoms with Gasteiger partial charge in [0.15, 0.2) is 0 Å². The maximum Gasteiger partial charge on any atom is 0.317 e. The van der Waals surface area contributed by atoms with E-state index >= 15 is 0 Å². The maximum absolute atomic E-state index is 13.6. The van der Waals surface area contributed by atoms with E-state index in [-0.39, 0.29) is 12.4 Å². The fraction of sp³-hybridized carbons (Fsp3) is 0.471. The number of aromatic nitrogens is 2. The van der Waals surface area contributed by atoms with Crippen molar-refractivity contribution in [3.05, 3.63) is 35.5 Å². The number of aryl methyl sites for hydroxylation is 2. The van der Waals surface area contributed by atoms with E-state index in [2.05, 4.69) is 10.1 Å². The summed E-state index contributed by atoms with van der Waals surface area (Å²) in [5.74, 6) is -0.301. The van der Waals surface area contributed by atoms with Gasteiger partial charge >= 0.3 is 5.97 Å². The Bertz CT molecular complexity index is 687. The van der Waals surface area contributed by atoms with Crippen LogP contribution in [0.4, 0.5) is 4.39 Å². The average Bonchev–Trinajstić information content (AvgIpc) is 2.98. The highest BCUT2D eigenvalue weighted by Crippen LogP contribution is 2.19. The van der Waals surface area contributed by atoms with Crippen molar-refractivity contribution in [2.75, 3.05) is 19.6 Å². The van der Waals surface area contributed by atoms with Crippen LogP contribution in [0.15, 0.2) is 22.7 Å². The van der Waals surface area contributed by atoms with E-state index < -0.39 is 5.97 Å². The largest absolute Gasteiger partial charge is 0.480 e. The predicted octanol–water partition coefficient (Wildman–Crippen LogP) is 2.91. The number of hydrogen-bond donors (Lipinski definition) is 1. The molecule has 0 bridgehead atoms. The second kappa shape index (κ2) is 8.54. The molecule has 0 fully saturated rings. The van der Waals surface area contributed by atoms with Crippen LogP contribution in [0.2, 0.25) is 0 Å². The molecular formula is C17H22FN3O3. The summed E-state index contributed by atoms with van der Waals surface area (Å²) in [6.07, 6.45) is 2.18. The monoisotopic (exact) mass is 335 g/mol. The molecule has 0 atom stereocenters. The van der Waals surface area contributed by atoms with Gasteiger partial charge in [-0.1, -0.05) is 24.2 Å². The van der Waals surface area contributed by atoms with Crippen molar-refractivity contribution in [3.63, 3.8) is 0 Å². The maximum atomic E-state index is 13.6. The molecule has 0 saturated carbocycles. The van der Waals surface area contributed by atoms with Crippen molar-refractivity contribution in [1.29, 1.82) is 0 Å². The SMILES string of the molecule is CCCN(CCCc1nc(-c2ccc(C)c(F)c2)no1)CC(=O)O. The van der Waals surface area contributed by atoms with Gasteiger partial charge in [0.25, 0.3) is 0 Å². The molecule has 24 heavy (non-hydrogen) atoms. The Hall–Kier alpha value is -2.28. The second-order valence-electron chi connectivity index (χ2n) is 5.75. The molecule has 130 valence electrons. The fourth-order valence-corrected chi connectivity index (χ4v) is 2.44. The summed E-state index contributed by atoms with van der Waals surface area (Å²) in [4.78, 5) is 17.0. The first-order chi connectivity index (χ1) is 11.5. The molecule has 0 aliphatic heterocycles. The van der Waals surface area contributed by atoms with Crippen molar-refractivity contribution < 1.29 is 18.8 Å². The standard InChI is InChI=1S/C17H22FN3O3/c1-3-8-21(11-16(22)23)9-4-5-15-19-17(20-24-15)13-7-6-12(2)14(18)10-13/h6-7,10H,3-5,8-9,11H2,1-2H3,(H,22,23). The molecule has 2 rings (SSSR count). The van der Waals surface area contributed by atoms with Crippen LogP contribution in [0.3, 0.4) is 0 Å². The Morgan fingerprint density at radius 3 is 2.83 bits per heavy atom. The third-order valence-corrected chi connectivity index (χ3v) is 3.66. The zero-order chi connectivity index (χ0) is 17.5. The molecule has 0 aliphatic rings. The highest BCUT2D eigenvalue weighted by Gasteiger charge is 2.12. The van der Waals surface area contributed by atoms with Gasteiger partial charge in [0, 0.05) is 12.0 Å². The number of hydrogen-bond acceptors (Lipinski definition) is 5. The molecule has 7 heteroatoms. The Labute approximate surface area is 140 Å². The Morgan fingerprint density at radius 1 is 1.38 bits per heavy atom. The van der Waals surface area contributed by atoms with Crippen LogP contribution in [0.25, 0.3) is 11.4 Å². The number of benzene rings is 1. The number of carboxylic acids is 1. The first-order valence-corrected chi connectivity index (χ1v) is 8.03. The van der Waals surface area contributed by atoms with E-state index in [1.165, 1.54) is 6.07 Å². The number of nitrogens with zero attached hydrogens (tertiary/aromatic N) is 3. The second-order valence-corrected chi connectivity index (χ2v) is 5.75. The van der Waals surface area contributed by atoms with Crippen LogP contribution in [-0.2, 0) is 11.2 Å². The zero-order valence-electron chi connectivity index (χ0n) is 14.0. The summed E-state index contributed by atoms with van der Waals surface area (Å²) in [5.41, 5.74) is 1.14. The lowest BCUT2D eigenvalue weighted by molar-refractivity contribution is -0.138. The molecule has 2 aromatic rings. The fourth-order valence-electron chi connectivity index (χ4n) is 2.44. The third kappa shape index (κ3) is 5.13. The molecule has 0 unspecified atom stereocenters. The lowest BCUT2D eigenvalue weighted by Crippen LogP contribution is -2.31. The van der Waals surface area contributed by atoms with Crippen LogP contribution in [0.5, 0.6) is 0 Å². The topological polar surface area (TPSA) is 79.5 Å². The molecule has 1 N–H and O–H groups in total. The smallest absolute Gasteiger partial charge is 0.317 e. The quantitative estimate of drug-likeness (QED) is 0.759. The summed E-state index contributed by atoms with van der Waals surface area (Å²) in [7, 11) is 0. The molecule has 0 saturated heterocycles. The summed E-state index contributed by atoms with van der Waals surface area (Å²) in [6, 6.07) is 4.82. The van der Waals surface area contributed by atoms with Crippen molar-refractivity contribution >= 4 is 5.97 Å². The van der Waals surface area contributed by atoms with Crippen molar-refractivity contribution in [1.82, 2.24) is 15.0 Å². The highest BCUT2D eigenvalue weighted by molar-refractivity contribution is 5.69. The van der Waals surface area contributed by atoms with E-state index in [4.69, 9.17) is 9.63 Å². The molecule has 0 radical (unpaired) electrons. The van der Waals surface area contributed by atoms with Gasteiger partial charge in [-0.15, -0.1) is 0 Å². The number of aliphatic carboxylic acids is 1. The minimum Gasteiger partial charge on any atom is -0.480 e. The molecule has 1 aromatic carbocycles. The first-order valence-electron chi connectivity index (χ1n) is 8.03. The van der Waals surface area contributed by atoms with Gasteiger partial charge in [-0.25, -0.2) is 4.39 Å². The van der Waals surface area contributed by atoms with Gasteiger partial charge < -0.3 is 9.63 Å². The van der Waals surface area contributed by atoms with E-state index in [1.807, 2.05) is 11.8 Å². The van der Waals surface area contributed by atoms with Gasteiger partial charge in [0.2, 0.25) is 11.7 Å². The van der Waals surface area contributed by atoms with Crippen molar-refractivity contribution in [2.24, 2.45) is 0 Å². The minimum absolute atomic E-state index is 0.0333. The van der Waals surface area contributed by atoms with E-state index in [1.54, 1.807) is 19.1 Å². The van der Waals surface area contributed by atoms with Gasteiger partial charge in [0.05, 0.1) is 6.54 Å². The van der Waals surface area contributed by atoms with Crippen LogP contribution in [-0.4, -0.2) is 45.8 Å². The summed E-state index contributed by atoms with van der Waals surface area (Å²) in [6.45, 7) is 5.13. The number of carbonyl (C=O) groups is 1. The lowest BCUT2D eigenvalue weighted by Gasteiger charge is -2.18. The van der Waals surface area contributed by atoms with E-state index in [0.717, 1.165) is 19.4 Å². The van der Waals surface area contributed by atoms with Crippen LogP contribution in [0, 0.1) is 12.7 Å². The summed E-state index contributed by atoms with van der Waals surface area (Å²) >= 11 is 0. The van der Waals surface area contributed by atoms with Crippen molar-refractivity contribution in [3.8, 4) is 11.4 Å². The zero-order valence-corrected chi connectivity index (χ0v) is 14.0. The number of carboxylic acid groups (broad SMARTS) is 1. The lowest BCUT2D eigenvalue weighted by atomic mass is 10.1. The molecular weight excluding hydrogens is 313 g/mol. The summed E-state index contributed by atoms with van der Waals surface area (Å²) in [5, 5.41) is 12.8. The minimum atomic E-state index is -0.829. The number of halogens is 1. The Balaban J connectivity index is 1.91. The third-order valence-electron chi connectivity index (χ3n) is 3.66. The van der Waals surface area contributed by atoms with Gasteiger partial charge in [-0.3, -0.25) is 9.69 Å². The molecule has 6 nitrogen and oxygen atoms in total. The van der Waals surface area contributed by atoms with Crippen LogP contribution < -0.4 is 0 Å². The van der Waals surface area contributed by atoms with Gasteiger partial charge in [-0.05, 0) is 44.5 Å². The van der Waals surface area contributed by atoms with E-state index in [0.29, 0.717) is 35.8 Å². The summed E-state index contributed by atoms with van der Waals surface area (Å²) < 4.78 is 18.8. The van der Waals surface area contributed by atoms with Crippen LogP contribution in [0.1, 0.15) is 31.2 Å². The van der Waals surface area contributed by atoms with Crippen molar-refractivity contribution in [2.45, 2.75) is 33.1 Å². The molecule has 0 amide bonds. The first kappa shape index (κ1) is 18.1. The Morgan fingerprint density at radius 2 is 2.17 bits per heavy atom. The molecule has 0 spiro atoms. The Kier molecular flexibility index (Phi) is 6.43. The van der Waals surface area contributed by atoms with E-state index in [9.17, 15) is 9.18 Å². The normalized spacial score (nSPS) is 11.2. The molecule has 1 heterocycles. The molecule has 0 aliphatic carbocycles. The van der Waals surface area contributed by atoms with Crippen LogP contribution >= 0.6 is 0 Å². The average molecular weight is 335 g/mol.